The molecule has 0 bridgehead atoms. The molecule has 2 aromatic rings. The number of carboxylic acids is 1. The molecule has 0 radical (unpaired) electrons. The predicted octanol–water partition coefficient (Wildman–Crippen LogP) is 3.72. The fourth-order valence-corrected chi connectivity index (χ4v) is 5.23. The number of likely N-dealkylation sites (tertiary alicyclic amines) is 1. The van der Waals surface area contributed by atoms with Crippen molar-refractivity contribution in [2.45, 2.75) is 71.1 Å². The summed E-state index contributed by atoms with van der Waals surface area (Å²) >= 11 is 0. The minimum absolute atomic E-state index is 0.0277. The topological polar surface area (TPSA) is 151 Å². The number of carboxylic acid groups (broad SMARTS) is 1. The first kappa shape index (κ1) is 30.3. The van der Waals surface area contributed by atoms with Gasteiger partial charge in [0.15, 0.2) is 0 Å². The van der Waals surface area contributed by atoms with Gasteiger partial charge in [-0.2, -0.15) is 4.99 Å². The van der Waals surface area contributed by atoms with Crippen molar-refractivity contribution in [1.29, 1.82) is 0 Å². The van der Waals surface area contributed by atoms with Gasteiger partial charge in [0.2, 0.25) is 0 Å². The normalized spacial score (nSPS) is 19.3. The van der Waals surface area contributed by atoms with E-state index in [9.17, 15) is 33.9 Å². The third-order valence-corrected chi connectivity index (χ3v) is 7.03. The van der Waals surface area contributed by atoms with Gasteiger partial charge in [-0.05, 0) is 63.8 Å². The summed E-state index contributed by atoms with van der Waals surface area (Å²) in [6.45, 7) is 6.46. The fraction of sp³-hybridized carbons (Fsp3) is 0.387. The number of carbonyl (C=O) groups excluding carboxylic acids is 5. The average molecular weight is 576 g/mol. The van der Waals surface area contributed by atoms with Gasteiger partial charge in [0, 0.05) is 12.0 Å². The monoisotopic (exact) mass is 575 g/mol. The molecule has 1 N–H and O–H groups in total. The lowest BCUT2D eigenvalue weighted by atomic mass is 9.92. The van der Waals surface area contributed by atoms with E-state index < -0.39 is 65.6 Å². The number of benzene rings is 2. The number of ether oxygens (including phenoxy) is 1. The van der Waals surface area contributed by atoms with Crippen molar-refractivity contribution < 1.29 is 38.6 Å². The summed E-state index contributed by atoms with van der Waals surface area (Å²) in [4.78, 5) is 85.8. The minimum Gasteiger partial charge on any atom is -0.481 e. The van der Waals surface area contributed by atoms with Crippen LogP contribution in [0.5, 0.6) is 0 Å². The van der Waals surface area contributed by atoms with Gasteiger partial charge in [-0.25, -0.2) is 4.79 Å². The van der Waals surface area contributed by atoms with Gasteiger partial charge < -0.3 is 9.84 Å². The molecule has 2 aliphatic rings. The van der Waals surface area contributed by atoms with Crippen molar-refractivity contribution in [3.8, 4) is 0 Å². The Morgan fingerprint density at radius 2 is 1.55 bits per heavy atom. The van der Waals surface area contributed by atoms with Crippen LogP contribution in [0.25, 0.3) is 0 Å². The third-order valence-electron chi connectivity index (χ3n) is 7.03. The molecule has 0 saturated carbocycles. The molecule has 2 unspecified atom stereocenters. The van der Waals surface area contributed by atoms with E-state index in [0.29, 0.717) is 6.42 Å². The van der Waals surface area contributed by atoms with Gasteiger partial charge in [0.05, 0.1) is 17.5 Å². The summed E-state index contributed by atoms with van der Waals surface area (Å²) in [6.07, 6.45) is 0.161. The number of piperidine rings is 1. The maximum Gasteiger partial charge on any atom is 0.329 e. The molecule has 2 aliphatic heterocycles. The largest absolute Gasteiger partial charge is 0.481 e. The first-order valence-electron chi connectivity index (χ1n) is 13.7. The van der Waals surface area contributed by atoms with Crippen molar-refractivity contribution in [3.63, 3.8) is 0 Å². The van der Waals surface area contributed by atoms with Gasteiger partial charge in [-0.1, -0.05) is 37.3 Å². The van der Waals surface area contributed by atoms with Gasteiger partial charge in [-0.15, -0.1) is 0 Å². The lowest BCUT2D eigenvalue weighted by molar-refractivity contribution is -0.164. The number of hydrogen-bond donors (Lipinski definition) is 1. The molecule has 1 saturated heterocycles. The van der Waals surface area contributed by atoms with Gasteiger partial charge in [-0.3, -0.25) is 33.8 Å². The van der Waals surface area contributed by atoms with Crippen LogP contribution in [-0.4, -0.2) is 74.0 Å². The Hall–Kier alpha value is -4.67. The molecule has 4 amide bonds. The number of fused-ring (bicyclic) bond motifs is 1. The summed E-state index contributed by atoms with van der Waals surface area (Å²) in [5, 5.41) is 9.58. The van der Waals surface area contributed by atoms with E-state index in [0.717, 1.165) is 9.80 Å². The van der Waals surface area contributed by atoms with Crippen molar-refractivity contribution in [3.05, 3.63) is 71.3 Å². The Morgan fingerprint density at radius 3 is 2.10 bits per heavy atom. The first-order chi connectivity index (χ1) is 19.8. The zero-order valence-electron chi connectivity index (χ0n) is 23.9. The predicted molar refractivity (Wildman–Crippen MR) is 151 cm³/mol. The average Bonchev–Trinajstić information content (AvgIpc) is 3.17. The summed E-state index contributed by atoms with van der Waals surface area (Å²) in [5.41, 5.74) is -0.483. The maximum absolute atomic E-state index is 14.5. The highest BCUT2D eigenvalue weighted by molar-refractivity contribution is 6.23. The maximum atomic E-state index is 14.5. The van der Waals surface area contributed by atoms with E-state index in [2.05, 4.69) is 4.99 Å². The molecule has 1 fully saturated rings. The highest BCUT2D eigenvalue weighted by Gasteiger charge is 2.50. The molecular formula is C31H33N3O8. The highest BCUT2D eigenvalue weighted by atomic mass is 16.6. The van der Waals surface area contributed by atoms with Crippen molar-refractivity contribution >= 4 is 41.4 Å². The molecule has 220 valence electrons. The van der Waals surface area contributed by atoms with Crippen molar-refractivity contribution in [2.24, 2.45) is 10.9 Å². The van der Waals surface area contributed by atoms with Gasteiger partial charge in [0.25, 0.3) is 23.6 Å². The number of aliphatic carboxylic acids is 1. The van der Waals surface area contributed by atoms with E-state index in [1.807, 2.05) is 0 Å². The second-order valence-electron chi connectivity index (χ2n) is 11.4. The van der Waals surface area contributed by atoms with Crippen molar-refractivity contribution in [2.75, 3.05) is 0 Å². The number of esters is 1. The lowest BCUT2D eigenvalue weighted by Gasteiger charge is -2.40. The number of amidine groups is 1. The summed E-state index contributed by atoms with van der Waals surface area (Å²) < 4.78 is 5.60. The van der Waals surface area contributed by atoms with Crippen LogP contribution in [0.1, 0.15) is 84.5 Å². The number of hydrogen-bond acceptors (Lipinski definition) is 7. The Morgan fingerprint density at radius 1 is 0.976 bits per heavy atom. The second kappa shape index (κ2) is 12.1. The summed E-state index contributed by atoms with van der Waals surface area (Å²) in [6, 6.07) is 11.4. The fourth-order valence-electron chi connectivity index (χ4n) is 5.23. The van der Waals surface area contributed by atoms with Crippen molar-refractivity contribution in [1.82, 2.24) is 9.80 Å². The van der Waals surface area contributed by atoms with Crippen LogP contribution in [0.15, 0.2) is 59.6 Å². The standard InChI is InChI=1S/C31H33N3O8/c1-18(17-24(35)36)25(34-27(38)20-13-8-9-14-21(20)28(34)39)29(40)33-22(30(41)42-31(2,3)4)15-10-16-23(33)32-26(37)19-11-6-5-7-12-19/h5-9,11-14,18,22,25H,10,15-17H2,1-4H3,(H,35,36)/t18-,22?,25?/m1/s1. The Balaban J connectivity index is 1.83. The first-order valence-corrected chi connectivity index (χ1v) is 13.7. The zero-order chi connectivity index (χ0) is 30.8. The molecule has 0 spiro atoms. The molecule has 42 heavy (non-hydrogen) atoms. The number of aliphatic imine (C=N–C) groups is 1. The molecule has 3 atom stereocenters. The number of rotatable bonds is 7. The van der Waals surface area contributed by atoms with Gasteiger partial charge >= 0.3 is 11.9 Å². The van der Waals surface area contributed by atoms with Crippen LogP contribution in [0.3, 0.4) is 0 Å². The number of imide groups is 1. The van der Waals surface area contributed by atoms with E-state index in [-0.39, 0.29) is 35.4 Å². The summed E-state index contributed by atoms with van der Waals surface area (Å²) in [5.74, 6) is -6.12. The molecule has 4 rings (SSSR count). The number of carbonyl (C=O) groups is 6. The molecule has 11 heteroatoms. The van der Waals surface area contributed by atoms with E-state index in [4.69, 9.17) is 4.74 Å². The lowest BCUT2D eigenvalue weighted by Crippen LogP contribution is -2.61. The molecule has 2 heterocycles. The SMILES string of the molecule is C[C@H](CC(=O)O)C(C(=O)N1C(=NC(=O)c2ccccc2)CCCC1C(=O)OC(C)(C)C)N1C(=O)c2ccccc2C1=O. The van der Waals surface area contributed by atoms with Crippen LogP contribution >= 0.6 is 0 Å². The number of nitrogens with zero attached hydrogens (tertiary/aromatic N) is 3. The summed E-state index contributed by atoms with van der Waals surface area (Å²) in [7, 11) is 0. The quantitative estimate of drug-likeness (QED) is 0.388. The van der Waals surface area contributed by atoms with Crippen LogP contribution in [0, 0.1) is 5.92 Å². The Kier molecular flexibility index (Phi) is 8.70. The number of amides is 4. The van der Waals surface area contributed by atoms with Gasteiger partial charge in [0.1, 0.15) is 23.5 Å². The second-order valence-corrected chi connectivity index (χ2v) is 11.4. The van der Waals surface area contributed by atoms with Crippen LogP contribution in [0.4, 0.5) is 0 Å². The smallest absolute Gasteiger partial charge is 0.329 e. The molecule has 11 nitrogen and oxygen atoms in total. The van der Waals surface area contributed by atoms with Crippen LogP contribution in [0.2, 0.25) is 0 Å². The van der Waals surface area contributed by atoms with Crippen LogP contribution < -0.4 is 0 Å². The Bertz CT molecular complexity index is 1430. The highest BCUT2D eigenvalue weighted by Crippen LogP contribution is 2.32. The van der Waals surface area contributed by atoms with E-state index in [1.54, 1.807) is 63.2 Å². The third kappa shape index (κ3) is 6.29. The van der Waals surface area contributed by atoms with Crippen LogP contribution in [-0.2, 0) is 19.1 Å². The molecular weight excluding hydrogens is 542 g/mol. The molecule has 2 aromatic carbocycles. The molecule has 0 aromatic heterocycles. The minimum atomic E-state index is -1.60. The van der Waals surface area contributed by atoms with E-state index >= 15 is 0 Å². The Labute approximate surface area is 243 Å². The molecule has 0 aliphatic carbocycles. The van der Waals surface area contributed by atoms with E-state index in [1.165, 1.54) is 19.1 Å². The zero-order valence-corrected chi connectivity index (χ0v) is 23.9.